The van der Waals surface area contributed by atoms with E-state index in [1.54, 1.807) is 32.6 Å². The Morgan fingerprint density at radius 1 is 0.642 bits per heavy atom. The van der Waals surface area contributed by atoms with Crippen LogP contribution in [0.3, 0.4) is 0 Å². The molecule has 3 heterocycles. The molecule has 2 aromatic rings. The molecule has 0 spiro atoms. The van der Waals surface area contributed by atoms with E-state index in [0.717, 1.165) is 12.2 Å². The molecule has 1 saturated carbocycles. The molecule has 10 rings (SSSR count). The van der Waals surface area contributed by atoms with E-state index >= 15 is 0 Å². The zero-order valence-electron chi connectivity index (χ0n) is 45.4. The predicted molar refractivity (Wildman–Crippen MR) is 293 cm³/mol. The Bertz CT molecular complexity index is 2730. The van der Waals surface area contributed by atoms with Gasteiger partial charge in [-0.25, -0.2) is 0 Å². The lowest BCUT2D eigenvalue weighted by atomic mass is 9.33. The second-order valence-electron chi connectivity index (χ2n) is 28.2. The molecule has 356 valence electrons. The summed E-state index contributed by atoms with van der Waals surface area (Å²) in [5.74, 6) is 1.45. The number of fused-ring (bicyclic) bond motifs is 7. The number of hydrogen-bond acceptors (Lipinski definition) is 3. The van der Waals surface area contributed by atoms with E-state index in [0.29, 0.717) is 5.92 Å². The third kappa shape index (κ3) is 7.06. The smallest absolute Gasteiger partial charge is 0.269 e. The Labute approximate surface area is 413 Å². The molecule has 4 heteroatoms. The molecular weight excluding hydrogens is 828 g/mol. The van der Waals surface area contributed by atoms with Gasteiger partial charge in [0.15, 0.2) is 0 Å². The van der Waals surface area contributed by atoms with Crippen molar-refractivity contribution in [2.45, 2.75) is 204 Å². The minimum Gasteiger partial charge on any atom is -0.323 e. The molecule has 3 aliphatic heterocycles. The number of allylic oxidation sites excluding steroid dienone is 10. The first-order valence-corrected chi connectivity index (χ1v) is 27.5. The van der Waals surface area contributed by atoms with Gasteiger partial charge in [-0.1, -0.05) is 147 Å². The van der Waals surface area contributed by atoms with Gasteiger partial charge >= 0.3 is 0 Å². The van der Waals surface area contributed by atoms with Crippen molar-refractivity contribution >= 4 is 29.8 Å². The van der Waals surface area contributed by atoms with Crippen molar-refractivity contribution in [1.82, 2.24) is 0 Å². The highest BCUT2D eigenvalue weighted by atomic mass is 32.2. The maximum absolute atomic E-state index is 4.44. The molecule has 0 saturated heterocycles. The van der Waals surface area contributed by atoms with Gasteiger partial charge in [-0.3, -0.25) is 0 Å². The number of aryl methyl sites for hydroxylation is 1. The predicted octanol–water partition coefficient (Wildman–Crippen LogP) is 17.6. The van der Waals surface area contributed by atoms with Crippen LogP contribution in [0.2, 0.25) is 0 Å². The van der Waals surface area contributed by atoms with Crippen molar-refractivity contribution in [3.8, 4) is 0 Å². The molecule has 67 heavy (non-hydrogen) atoms. The van der Waals surface area contributed by atoms with Crippen molar-refractivity contribution in [3.05, 3.63) is 138 Å². The molecule has 0 bridgehead atoms. The average Bonchev–Trinajstić information content (AvgIpc) is 3.60. The van der Waals surface area contributed by atoms with Gasteiger partial charge in [0, 0.05) is 34.1 Å². The number of anilines is 2. The molecule has 2 aromatic carbocycles. The third-order valence-corrected chi connectivity index (χ3v) is 21.2. The molecule has 5 aliphatic carbocycles. The third-order valence-electron chi connectivity index (χ3n) is 19.7. The lowest BCUT2D eigenvalue weighted by molar-refractivity contribution is 0.121. The van der Waals surface area contributed by atoms with Crippen molar-refractivity contribution in [2.75, 3.05) is 15.6 Å². The van der Waals surface area contributed by atoms with Gasteiger partial charge < -0.3 is 9.80 Å². The first kappa shape index (κ1) is 47.3. The van der Waals surface area contributed by atoms with Gasteiger partial charge in [0.05, 0.1) is 5.70 Å². The fraction of sp³-hybridized carbons (Fsp3) is 0.587. The van der Waals surface area contributed by atoms with Crippen molar-refractivity contribution in [2.24, 2.45) is 27.6 Å². The van der Waals surface area contributed by atoms with Gasteiger partial charge in [0.25, 0.3) is 6.71 Å². The minimum atomic E-state index is 0.0522. The van der Waals surface area contributed by atoms with Crippen LogP contribution in [-0.2, 0) is 21.7 Å². The molecule has 8 aliphatic rings. The standard InChI is InChI=1S/C63H85BN2S/c1-20-38(2)31-50-55-64(53-51(37-67-54-52(53)62(16,17)29-30-63(54,18)19)65(55)40-21-22-41-43(33-40)58(8,9)24-23-56(41,4)5)47-34-44-46(61(14,15)28-26-59(44,10)11)36-49(47)66(50)48-35-45-42(32-39(48)3)57(6,7)25-27-60(45,12)13/h20-22,31-35,46H,1,23-30,36-37H2,2-19H3/b38-31-. The van der Waals surface area contributed by atoms with Crippen LogP contribution in [0.1, 0.15) is 203 Å². The van der Waals surface area contributed by atoms with E-state index in [9.17, 15) is 0 Å². The zero-order chi connectivity index (χ0) is 48.6. The molecule has 0 radical (unpaired) electrons. The maximum atomic E-state index is 4.44. The van der Waals surface area contributed by atoms with Gasteiger partial charge in [-0.2, -0.15) is 0 Å². The highest BCUT2D eigenvalue weighted by molar-refractivity contribution is 8.03. The second kappa shape index (κ2) is 14.8. The van der Waals surface area contributed by atoms with E-state index < -0.39 is 0 Å². The number of benzene rings is 2. The van der Waals surface area contributed by atoms with Gasteiger partial charge in [-0.05, 0) is 200 Å². The monoisotopic (exact) mass is 913 g/mol. The van der Waals surface area contributed by atoms with E-state index in [-0.39, 0.29) is 50.0 Å². The molecule has 1 atom stereocenters. The van der Waals surface area contributed by atoms with E-state index in [1.165, 1.54) is 113 Å². The number of thioether (sulfide) groups is 1. The summed E-state index contributed by atoms with van der Waals surface area (Å²) in [5.41, 5.74) is 24.8. The van der Waals surface area contributed by atoms with Crippen molar-refractivity contribution in [1.29, 1.82) is 0 Å². The number of hydrogen-bond donors (Lipinski definition) is 0. The molecular formula is C63H85BN2S. The van der Waals surface area contributed by atoms with Gasteiger partial charge in [0.1, 0.15) is 0 Å². The van der Waals surface area contributed by atoms with Crippen molar-refractivity contribution < 1.29 is 0 Å². The lowest BCUT2D eigenvalue weighted by Gasteiger charge is -2.53. The first-order chi connectivity index (χ1) is 30.9. The first-order valence-electron chi connectivity index (χ1n) is 26.5. The summed E-state index contributed by atoms with van der Waals surface area (Å²) in [4.78, 5) is 7.35. The summed E-state index contributed by atoms with van der Waals surface area (Å²) in [6, 6.07) is 13.0. The fourth-order valence-electron chi connectivity index (χ4n) is 14.6. The molecule has 0 amide bonds. The fourth-order valence-corrected chi connectivity index (χ4v) is 16.2. The number of nitrogens with zero attached hydrogens (tertiary/aromatic N) is 2. The number of rotatable bonds is 4. The van der Waals surface area contributed by atoms with Crippen LogP contribution in [0.4, 0.5) is 11.4 Å². The van der Waals surface area contributed by atoms with Crippen LogP contribution in [0.15, 0.2) is 110 Å². The van der Waals surface area contributed by atoms with Gasteiger partial charge in [0.2, 0.25) is 0 Å². The molecule has 1 fully saturated rings. The Hall–Kier alpha value is -3.37. The van der Waals surface area contributed by atoms with Crippen LogP contribution in [0.5, 0.6) is 0 Å². The van der Waals surface area contributed by atoms with E-state index in [1.807, 2.05) is 0 Å². The topological polar surface area (TPSA) is 6.48 Å². The average molecular weight is 913 g/mol. The second-order valence-corrected chi connectivity index (χ2v) is 29.2. The largest absolute Gasteiger partial charge is 0.323 e. The Morgan fingerprint density at radius 2 is 1.19 bits per heavy atom. The van der Waals surface area contributed by atoms with Crippen LogP contribution in [0, 0.1) is 34.5 Å². The quantitative estimate of drug-likeness (QED) is 0.223. The van der Waals surface area contributed by atoms with E-state index in [2.05, 4.69) is 201 Å². The summed E-state index contributed by atoms with van der Waals surface area (Å²) in [6.45, 7) is 49.8. The summed E-state index contributed by atoms with van der Waals surface area (Å²) >= 11 is 2.17. The molecule has 2 nitrogen and oxygen atoms in total. The lowest BCUT2D eigenvalue weighted by Crippen LogP contribution is -2.47. The van der Waals surface area contributed by atoms with Crippen LogP contribution in [0.25, 0.3) is 0 Å². The molecule has 0 aromatic heterocycles. The zero-order valence-corrected chi connectivity index (χ0v) is 46.2. The van der Waals surface area contributed by atoms with Crippen LogP contribution >= 0.6 is 11.8 Å². The van der Waals surface area contributed by atoms with Crippen molar-refractivity contribution in [3.63, 3.8) is 0 Å². The SMILES string of the molecule is C=C/C(C)=C\C1=C2B(C3=C(CC4C(=C3)C(C)(C)CCC4(C)C)N1c1cc3c(cc1C)C(C)(C)CCC3(C)C)C1=C(CSC3=C1C(C)(C)CCC3(C)C)N2c1ccc2c(c1)C(C)(C)CCC2(C)C. The molecule has 0 N–H and O–H groups in total. The summed E-state index contributed by atoms with van der Waals surface area (Å²) < 4.78 is 0. The maximum Gasteiger partial charge on any atom is 0.269 e. The normalized spacial score (nSPS) is 27.9. The summed E-state index contributed by atoms with van der Waals surface area (Å²) in [6.07, 6.45) is 18.3. The summed E-state index contributed by atoms with van der Waals surface area (Å²) in [5, 5.41) is 0. The van der Waals surface area contributed by atoms with Crippen LogP contribution < -0.4 is 9.80 Å². The Kier molecular flexibility index (Phi) is 10.5. The summed E-state index contributed by atoms with van der Waals surface area (Å²) in [7, 11) is 0. The van der Waals surface area contributed by atoms with Gasteiger partial charge in [-0.15, -0.1) is 11.8 Å². The Morgan fingerprint density at radius 3 is 1.82 bits per heavy atom. The van der Waals surface area contributed by atoms with Crippen LogP contribution in [-0.4, -0.2) is 12.5 Å². The van der Waals surface area contributed by atoms with E-state index in [4.69, 9.17) is 0 Å². The Balaban J connectivity index is 1.36. The molecule has 1 unspecified atom stereocenters. The highest BCUT2D eigenvalue weighted by Gasteiger charge is 2.57. The minimum absolute atomic E-state index is 0.0522. The highest BCUT2D eigenvalue weighted by Crippen LogP contribution is 2.65.